The van der Waals surface area contributed by atoms with E-state index < -0.39 is 0 Å². The van der Waals surface area contributed by atoms with Gasteiger partial charge in [0.25, 0.3) is 0 Å². The zero-order chi connectivity index (χ0) is 11.7. The van der Waals surface area contributed by atoms with Crippen molar-refractivity contribution >= 4 is 5.69 Å². The molecule has 0 aliphatic rings. The minimum absolute atomic E-state index is 0.267. The van der Waals surface area contributed by atoms with E-state index in [9.17, 15) is 4.39 Å². The molecule has 2 aromatic rings. The molecular formula is C12H14FN3. The molecule has 0 fully saturated rings. The average Bonchev–Trinajstić information content (AvgIpc) is 2.63. The van der Waals surface area contributed by atoms with Gasteiger partial charge in [-0.05, 0) is 24.6 Å². The fourth-order valence-electron chi connectivity index (χ4n) is 1.77. The third kappa shape index (κ3) is 1.78. The summed E-state index contributed by atoms with van der Waals surface area (Å²) in [6, 6.07) is 4.59. The van der Waals surface area contributed by atoms with Gasteiger partial charge in [0.05, 0.1) is 5.69 Å². The molecule has 0 amide bonds. The predicted octanol–water partition coefficient (Wildman–Crippen LogP) is 2.37. The van der Waals surface area contributed by atoms with Crippen molar-refractivity contribution in [1.29, 1.82) is 0 Å². The number of rotatable bonds is 2. The highest BCUT2D eigenvalue weighted by atomic mass is 19.1. The maximum atomic E-state index is 13.7. The Morgan fingerprint density at radius 2 is 2.12 bits per heavy atom. The lowest BCUT2D eigenvalue weighted by Gasteiger charge is -2.03. The number of benzene rings is 1. The molecule has 84 valence electrons. The summed E-state index contributed by atoms with van der Waals surface area (Å²) >= 11 is 0. The van der Waals surface area contributed by atoms with Crippen LogP contribution in [0.25, 0.3) is 11.1 Å². The number of aryl methyl sites for hydroxylation is 2. The summed E-state index contributed by atoms with van der Waals surface area (Å²) < 4.78 is 15.4. The van der Waals surface area contributed by atoms with Gasteiger partial charge in [-0.15, -0.1) is 0 Å². The second-order valence-electron chi connectivity index (χ2n) is 3.76. The third-order valence-corrected chi connectivity index (χ3v) is 2.52. The molecule has 4 heteroatoms. The van der Waals surface area contributed by atoms with Crippen molar-refractivity contribution in [3.8, 4) is 11.1 Å². The largest absolute Gasteiger partial charge is 0.399 e. The van der Waals surface area contributed by atoms with Crippen molar-refractivity contribution in [3.63, 3.8) is 0 Å². The molecule has 0 unspecified atom stereocenters. The zero-order valence-electron chi connectivity index (χ0n) is 9.37. The monoisotopic (exact) mass is 219 g/mol. The average molecular weight is 219 g/mol. The van der Waals surface area contributed by atoms with Crippen molar-refractivity contribution < 1.29 is 4.39 Å². The number of halogens is 1. The minimum atomic E-state index is -0.267. The van der Waals surface area contributed by atoms with Gasteiger partial charge in [0.15, 0.2) is 0 Å². The van der Waals surface area contributed by atoms with E-state index >= 15 is 0 Å². The van der Waals surface area contributed by atoms with Crippen LogP contribution in [-0.2, 0) is 13.5 Å². The van der Waals surface area contributed by atoms with E-state index in [4.69, 9.17) is 5.73 Å². The SMILES string of the molecule is CCc1nn(C)cc1-c1cc(N)ccc1F. The molecule has 16 heavy (non-hydrogen) atoms. The smallest absolute Gasteiger partial charge is 0.131 e. The minimum Gasteiger partial charge on any atom is -0.399 e. The molecule has 1 heterocycles. The molecule has 1 aromatic carbocycles. The zero-order valence-corrected chi connectivity index (χ0v) is 9.37. The standard InChI is InChI=1S/C12H14FN3/c1-3-12-10(7-16(2)15-12)9-6-8(14)4-5-11(9)13/h4-7H,3,14H2,1-2H3. The Kier molecular flexibility index (Phi) is 2.64. The van der Waals surface area contributed by atoms with Gasteiger partial charge in [0, 0.05) is 30.1 Å². The molecule has 0 saturated heterocycles. The quantitative estimate of drug-likeness (QED) is 0.788. The Morgan fingerprint density at radius 3 is 2.81 bits per heavy atom. The van der Waals surface area contributed by atoms with Gasteiger partial charge < -0.3 is 5.73 Å². The van der Waals surface area contributed by atoms with Crippen LogP contribution in [0.1, 0.15) is 12.6 Å². The third-order valence-electron chi connectivity index (χ3n) is 2.52. The Morgan fingerprint density at radius 1 is 1.38 bits per heavy atom. The molecule has 1 aromatic heterocycles. The molecule has 2 rings (SSSR count). The number of hydrogen-bond acceptors (Lipinski definition) is 2. The summed E-state index contributed by atoms with van der Waals surface area (Å²) in [4.78, 5) is 0. The number of aromatic nitrogens is 2. The van der Waals surface area contributed by atoms with Crippen molar-refractivity contribution in [2.45, 2.75) is 13.3 Å². The second kappa shape index (κ2) is 3.96. The summed E-state index contributed by atoms with van der Waals surface area (Å²) in [5, 5.41) is 4.29. The number of anilines is 1. The number of nitrogens with zero attached hydrogens (tertiary/aromatic N) is 2. The van der Waals surface area contributed by atoms with E-state index in [-0.39, 0.29) is 5.82 Å². The van der Waals surface area contributed by atoms with Crippen LogP contribution in [0.5, 0.6) is 0 Å². The fraction of sp³-hybridized carbons (Fsp3) is 0.250. The summed E-state index contributed by atoms with van der Waals surface area (Å²) in [6.07, 6.45) is 2.58. The number of hydrogen-bond donors (Lipinski definition) is 1. The number of nitrogen functional groups attached to an aromatic ring is 1. The van der Waals surface area contributed by atoms with Crippen LogP contribution in [0, 0.1) is 5.82 Å². The molecule has 3 nitrogen and oxygen atoms in total. The summed E-state index contributed by atoms with van der Waals surface area (Å²) in [6.45, 7) is 2.00. The molecule has 0 saturated carbocycles. The van der Waals surface area contributed by atoms with E-state index in [2.05, 4.69) is 5.10 Å². The van der Waals surface area contributed by atoms with Gasteiger partial charge in [-0.2, -0.15) is 5.10 Å². The van der Waals surface area contributed by atoms with Crippen LogP contribution in [0.2, 0.25) is 0 Å². The lowest BCUT2D eigenvalue weighted by molar-refractivity contribution is 0.631. The van der Waals surface area contributed by atoms with Crippen molar-refractivity contribution in [1.82, 2.24) is 9.78 Å². The van der Waals surface area contributed by atoms with Crippen molar-refractivity contribution in [3.05, 3.63) is 35.9 Å². The molecule has 0 aliphatic heterocycles. The van der Waals surface area contributed by atoms with Crippen LogP contribution < -0.4 is 5.73 Å². The molecule has 0 atom stereocenters. The molecule has 0 bridgehead atoms. The first kappa shape index (κ1) is 10.7. The Bertz CT molecular complexity index is 517. The first-order valence-corrected chi connectivity index (χ1v) is 5.19. The molecule has 2 N–H and O–H groups in total. The summed E-state index contributed by atoms with van der Waals surface area (Å²) in [5.74, 6) is -0.267. The summed E-state index contributed by atoms with van der Waals surface area (Å²) in [7, 11) is 1.83. The van der Waals surface area contributed by atoms with E-state index in [1.165, 1.54) is 6.07 Å². The van der Waals surface area contributed by atoms with E-state index in [1.807, 2.05) is 20.2 Å². The molecular weight excluding hydrogens is 205 g/mol. The summed E-state index contributed by atoms with van der Waals surface area (Å²) in [5.41, 5.74) is 8.44. The maximum absolute atomic E-state index is 13.7. The molecule has 0 aliphatic carbocycles. The lowest BCUT2D eigenvalue weighted by Crippen LogP contribution is -1.91. The van der Waals surface area contributed by atoms with E-state index in [0.29, 0.717) is 11.3 Å². The van der Waals surface area contributed by atoms with Crippen LogP contribution in [0.4, 0.5) is 10.1 Å². The van der Waals surface area contributed by atoms with Crippen LogP contribution in [-0.4, -0.2) is 9.78 Å². The Balaban J connectivity index is 2.61. The van der Waals surface area contributed by atoms with Crippen LogP contribution in [0.15, 0.2) is 24.4 Å². The maximum Gasteiger partial charge on any atom is 0.131 e. The van der Waals surface area contributed by atoms with Gasteiger partial charge in [0.2, 0.25) is 0 Å². The Labute approximate surface area is 93.7 Å². The van der Waals surface area contributed by atoms with Gasteiger partial charge in [-0.25, -0.2) is 4.39 Å². The highest BCUT2D eigenvalue weighted by molar-refractivity contribution is 5.69. The van der Waals surface area contributed by atoms with E-state index in [0.717, 1.165) is 17.7 Å². The highest BCUT2D eigenvalue weighted by Gasteiger charge is 2.12. The highest BCUT2D eigenvalue weighted by Crippen LogP contribution is 2.27. The van der Waals surface area contributed by atoms with Crippen molar-refractivity contribution in [2.24, 2.45) is 7.05 Å². The lowest BCUT2D eigenvalue weighted by atomic mass is 10.0. The van der Waals surface area contributed by atoms with Gasteiger partial charge >= 0.3 is 0 Å². The molecule has 0 spiro atoms. The first-order valence-electron chi connectivity index (χ1n) is 5.19. The second-order valence-corrected chi connectivity index (χ2v) is 3.76. The topological polar surface area (TPSA) is 43.8 Å². The molecule has 0 radical (unpaired) electrons. The van der Waals surface area contributed by atoms with Gasteiger partial charge in [0.1, 0.15) is 5.82 Å². The fourth-order valence-corrected chi connectivity index (χ4v) is 1.77. The van der Waals surface area contributed by atoms with Crippen LogP contribution in [0.3, 0.4) is 0 Å². The van der Waals surface area contributed by atoms with Crippen LogP contribution >= 0.6 is 0 Å². The Hall–Kier alpha value is -1.84. The van der Waals surface area contributed by atoms with Gasteiger partial charge in [-0.1, -0.05) is 6.92 Å². The van der Waals surface area contributed by atoms with Gasteiger partial charge in [-0.3, -0.25) is 4.68 Å². The number of nitrogens with two attached hydrogens (primary N) is 1. The van der Waals surface area contributed by atoms with Crippen molar-refractivity contribution in [2.75, 3.05) is 5.73 Å². The van der Waals surface area contributed by atoms with E-state index in [1.54, 1.807) is 16.8 Å². The first-order chi connectivity index (χ1) is 7.61. The normalized spacial score (nSPS) is 10.7. The predicted molar refractivity (Wildman–Crippen MR) is 62.4 cm³/mol.